The first-order chi connectivity index (χ1) is 13.7. The third-order valence-corrected chi connectivity index (χ3v) is 9.50. The van der Waals surface area contributed by atoms with Crippen LogP contribution in [0.15, 0.2) is 47.1 Å². The number of aliphatic hydroxyl groups is 1. The summed E-state index contributed by atoms with van der Waals surface area (Å²) >= 11 is 0. The summed E-state index contributed by atoms with van der Waals surface area (Å²) in [7, 11) is 0. The molecule has 0 aromatic rings. The van der Waals surface area contributed by atoms with Crippen LogP contribution in [0.4, 0.5) is 0 Å². The molecular weight excluding hydrogens is 352 g/mol. The van der Waals surface area contributed by atoms with Crippen LogP contribution in [0.2, 0.25) is 0 Å². The van der Waals surface area contributed by atoms with Crippen LogP contribution in [0.3, 0.4) is 0 Å². The van der Waals surface area contributed by atoms with Crippen LogP contribution in [0, 0.1) is 40.4 Å². The van der Waals surface area contributed by atoms with E-state index in [0.29, 0.717) is 23.2 Å². The monoisotopic (exact) mass is 394 g/mol. The summed E-state index contributed by atoms with van der Waals surface area (Å²) in [6.07, 6.45) is 19.0. The second-order valence-electron chi connectivity index (χ2n) is 11.4. The first kappa shape index (κ1) is 21.2. The number of fused-ring (bicyclic) bond motifs is 4. The number of hydrogen-bond donors (Lipinski definition) is 1. The molecule has 29 heavy (non-hydrogen) atoms. The molecule has 0 bridgehead atoms. The summed E-state index contributed by atoms with van der Waals surface area (Å²) in [6, 6.07) is 0. The highest BCUT2D eigenvalue weighted by Crippen LogP contribution is 2.63. The molecule has 7 unspecified atom stereocenters. The number of allylic oxidation sites excluding steroid dienone is 7. The molecule has 1 heteroatoms. The van der Waals surface area contributed by atoms with Gasteiger partial charge in [0, 0.05) is 0 Å². The van der Waals surface area contributed by atoms with Crippen molar-refractivity contribution < 1.29 is 5.11 Å². The third-order valence-electron chi connectivity index (χ3n) is 9.50. The van der Waals surface area contributed by atoms with Gasteiger partial charge in [0.2, 0.25) is 0 Å². The molecule has 1 saturated carbocycles. The Balaban J connectivity index is 1.64. The van der Waals surface area contributed by atoms with Crippen molar-refractivity contribution in [1.82, 2.24) is 0 Å². The molecule has 1 fully saturated rings. The van der Waals surface area contributed by atoms with E-state index in [1.54, 1.807) is 11.1 Å². The van der Waals surface area contributed by atoms with Gasteiger partial charge in [-0.05, 0) is 90.1 Å². The van der Waals surface area contributed by atoms with Crippen molar-refractivity contribution in [3.63, 3.8) is 0 Å². The molecule has 7 atom stereocenters. The lowest BCUT2D eigenvalue weighted by molar-refractivity contribution is 0.115. The molecule has 0 saturated heterocycles. The molecule has 4 aliphatic carbocycles. The third kappa shape index (κ3) is 3.42. The Morgan fingerprint density at radius 3 is 2.41 bits per heavy atom. The van der Waals surface area contributed by atoms with Crippen LogP contribution >= 0.6 is 0 Å². The fraction of sp³-hybridized carbons (Fsp3) is 0.714. The second kappa shape index (κ2) is 7.56. The summed E-state index contributed by atoms with van der Waals surface area (Å²) in [5.41, 5.74) is 5.44. The quantitative estimate of drug-likeness (QED) is 0.498. The van der Waals surface area contributed by atoms with E-state index in [9.17, 15) is 5.11 Å². The topological polar surface area (TPSA) is 20.2 Å². The lowest BCUT2D eigenvalue weighted by Gasteiger charge is -2.51. The number of aliphatic hydroxyl groups excluding tert-OH is 1. The van der Waals surface area contributed by atoms with E-state index < -0.39 is 0 Å². The van der Waals surface area contributed by atoms with Crippen molar-refractivity contribution in [1.29, 1.82) is 0 Å². The van der Waals surface area contributed by atoms with Gasteiger partial charge in [-0.15, -0.1) is 0 Å². The van der Waals surface area contributed by atoms with E-state index in [2.05, 4.69) is 71.9 Å². The van der Waals surface area contributed by atoms with Gasteiger partial charge >= 0.3 is 0 Å². The van der Waals surface area contributed by atoms with Crippen LogP contribution in [-0.4, -0.2) is 11.2 Å². The minimum Gasteiger partial charge on any atom is -0.389 e. The minimum atomic E-state index is -0.248. The maximum absolute atomic E-state index is 10.1. The van der Waals surface area contributed by atoms with E-state index in [0.717, 1.165) is 24.7 Å². The normalized spacial score (nSPS) is 41.2. The van der Waals surface area contributed by atoms with Gasteiger partial charge in [-0.3, -0.25) is 0 Å². The van der Waals surface area contributed by atoms with Crippen molar-refractivity contribution in [2.24, 2.45) is 40.4 Å². The molecule has 0 aliphatic heterocycles. The zero-order valence-corrected chi connectivity index (χ0v) is 19.5. The molecule has 0 heterocycles. The van der Waals surface area contributed by atoms with Crippen LogP contribution in [0.25, 0.3) is 0 Å². The van der Waals surface area contributed by atoms with Gasteiger partial charge < -0.3 is 5.11 Å². The van der Waals surface area contributed by atoms with Crippen molar-refractivity contribution >= 4 is 0 Å². The van der Waals surface area contributed by atoms with Crippen LogP contribution in [-0.2, 0) is 0 Å². The van der Waals surface area contributed by atoms with E-state index >= 15 is 0 Å². The summed E-state index contributed by atoms with van der Waals surface area (Å²) in [6.45, 7) is 14.5. The van der Waals surface area contributed by atoms with Crippen molar-refractivity contribution in [3.8, 4) is 0 Å². The molecule has 160 valence electrons. The van der Waals surface area contributed by atoms with Crippen LogP contribution in [0.5, 0.6) is 0 Å². The average molecular weight is 395 g/mol. The lowest BCUT2D eigenvalue weighted by atomic mass is 9.53. The first-order valence-corrected chi connectivity index (χ1v) is 12.2. The van der Waals surface area contributed by atoms with E-state index in [-0.39, 0.29) is 11.5 Å². The van der Waals surface area contributed by atoms with Gasteiger partial charge in [-0.2, -0.15) is 0 Å². The molecule has 4 rings (SSSR count). The fourth-order valence-corrected chi connectivity index (χ4v) is 7.05. The van der Waals surface area contributed by atoms with Gasteiger partial charge in [0.1, 0.15) is 0 Å². The molecule has 0 spiro atoms. The Kier molecular flexibility index (Phi) is 5.52. The molecular formula is C28H42O. The maximum atomic E-state index is 10.1. The van der Waals surface area contributed by atoms with Crippen molar-refractivity contribution in [2.45, 2.75) is 86.2 Å². The van der Waals surface area contributed by atoms with E-state index in [1.165, 1.54) is 31.3 Å². The predicted molar refractivity (Wildman–Crippen MR) is 123 cm³/mol. The van der Waals surface area contributed by atoms with Gasteiger partial charge in [0.05, 0.1) is 6.10 Å². The largest absolute Gasteiger partial charge is 0.389 e. The van der Waals surface area contributed by atoms with E-state index in [4.69, 9.17) is 0 Å². The molecule has 1 N–H and O–H groups in total. The summed E-state index contributed by atoms with van der Waals surface area (Å²) in [5, 5.41) is 10.1. The Morgan fingerprint density at radius 2 is 1.69 bits per heavy atom. The van der Waals surface area contributed by atoms with Gasteiger partial charge in [-0.1, -0.05) is 77.5 Å². The van der Waals surface area contributed by atoms with Gasteiger partial charge in [0.25, 0.3) is 0 Å². The first-order valence-electron chi connectivity index (χ1n) is 12.2. The summed E-state index contributed by atoms with van der Waals surface area (Å²) in [4.78, 5) is 0. The molecule has 0 aromatic heterocycles. The highest BCUT2D eigenvalue weighted by atomic mass is 16.3. The van der Waals surface area contributed by atoms with E-state index in [1.807, 2.05) is 0 Å². The SMILES string of the molecule is CC(C)C(C)/C=C/C(C)C1CCC2=C3C=CC4=CC(O)CCC4(C)C3CCC21C. The lowest BCUT2D eigenvalue weighted by Crippen LogP contribution is -2.42. The second-order valence-corrected chi connectivity index (χ2v) is 11.4. The van der Waals surface area contributed by atoms with Crippen molar-refractivity contribution in [2.75, 3.05) is 0 Å². The summed E-state index contributed by atoms with van der Waals surface area (Å²) in [5.74, 6) is 3.45. The Labute approximate surface area is 179 Å². The highest BCUT2D eigenvalue weighted by Gasteiger charge is 2.53. The zero-order valence-electron chi connectivity index (χ0n) is 19.5. The standard InChI is InChI=1S/C28H42O/c1-18(2)19(3)7-8-20(4)24-11-12-25-23-10-9-21-17-22(29)13-15-27(21,5)26(23)14-16-28(24,25)6/h7-10,17-20,22,24,26,29H,11-16H2,1-6H3/b8-7+. The Bertz CT molecular complexity index is 765. The molecule has 4 aliphatic rings. The molecule has 0 aromatic carbocycles. The van der Waals surface area contributed by atoms with Crippen molar-refractivity contribution in [3.05, 3.63) is 47.1 Å². The van der Waals surface area contributed by atoms with Crippen LogP contribution in [0.1, 0.15) is 80.1 Å². The summed E-state index contributed by atoms with van der Waals surface area (Å²) < 4.78 is 0. The Morgan fingerprint density at radius 1 is 0.966 bits per heavy atom. The minimum absolute atomic E-state index is 0.230. The fourth-order valence-electron chi connectivity index (χ4n) is 7.05. The smallest absolute Gasteiger partial charge is 0.0727 e. The maximum Gasteiger partial charge on any atom is 0.0727 e. The number of hydrogen-bond acceptors (Lipinski definition) is 1. The predicted octanol–water partition coefficient (Wildman–Crippen LogP) is 7.25. The number of rotatable bonds is 4. The molecule has 0 radical (unpaired) electrons. The molecule has 0 amide bonds. The average Bonchev–Trinajstić information content (AvgIpc) is 3.03. The Hall–Kier alpha value is -1.08. The highest BCUT2D eigenvalue weighted by molar-refractivity contribution is 5.49. The zero-order chi connectivity index (χ0) is 21.0. The van der Waals surface area contributed by atoms with Gasteiger partial charge in [-0.25, -0.2) is 0 Å². The van der Waals surface area contributed by atoms with Gasteiger partial charge in [0.15, 0.2) is 0 Å². The van der Waals surface area contributed by atoms with Crippen LogP contribution < -0.4 is 0 Å². The molecule has 1 nitrogen and oxygen atoms in total.